The minimum Gasteiger partial charge on any atom is -0.475 e. The van der Waals surface area contributed by atoms with Crippen LogP contribution >= 0.6 is 0 Å². The molecule has 2 fully saturated rings. The molecule has 358 valence electrons. The molecule has 0 atom stereocenters. The maximum Gasteiger partial charge on any atom is 0.490 e. The molecule has 0 bridgehead atoms. The van der Waals surface area contributed by atoms with Crippen molar-refractivity contribution in [1.29, 1.82) is 5.26 Å². The van der Waals surface area contributed by atoms with E-state index in [4.69, 9.17) is 34.4 Å². The number of fused-ring (bicyclic) bond motifs is 1. The number of carbonyl (C=O) groups is 3. The van der Waals surface area contributed by atoms with Gasteiger partial charge in [-0.1, -0.05) is 13.3 Å². The molecule has 6 rings (SSSR count). The minimum absolute atomic E-state index is 0.0323. The van der Waals surface area contributed by atoms with Gasteiger partial charge in [0.2, 0.25) is 11.7 Å². The van der Waals surface area contributed by atoms with Crippen LogP contribution in [0.3, 0.4) is 0 Å². The van der Waals surface area contributed by atoms with Crippen LogP contribution in [0.15, 0.2) is 37.1 Å². The van der Waals surface area contributed by atoms with Crippen molar-refractivity contribution in [3.8, 4) is 23.2 Å². The zero-order valence-corrected chi connectivity index (χ0v) is 33.5. The van der Waals surface area contributed by atoms with Gasteiger partial charge in [0.05, 0.1) is 30.1 Å². The van der Waals surface area contributed by atoms with E-state index in [0.717, 1.165) is 48.0 Å². The van der Waals surface area contributed by atoms with Gasteiger partial charge < -0.3 is 30.4 Å². The molecule has 17 nitrogen and oxygen atoms in total. The highest BCUT2D eigenvalue weighted by atomic mass is 19.4. The van der Waals surface area contributed by atoms with Crippen molar-refractivity contribution in [2.24, 2.45) is 0 Å². The Labute approximate surface area is 358 Å². The van der Waals surface area contributed by atoms with Crippen LogP contribution in [0.1, 0.15) is 63.4 Å². The van der Waals surface area contributed by atoms with Crippen LogP contribution in [-0.2, 0) is 32.6 Å². The summed E-state index contributed by atoms with van der Waals surface area (Å²) in [5, 5.41) is 39.7. The topological polar surface area (TPSA) is 245 Å². The molecular weight excluding hydrogens is 912 g/mol. The third-order valence-electron chi connectivity index (χ3n) is 9.30. The first-order valence-electron chi connectivity index (χ1n) is 18.8. The van der Waals surface area contributed by atoms with Crippen molar-refractivity contribution in [2.75, 3.05) is 19.6 Å². The van der Waals surface area contributed by atoms with Crippen LogP contribution in [-0.4, -0.2) is 123 Å². The van der Waals surface area contributed by atoms with Gasteiger partial charge in [0.1, 0.15) is 23.6 Å². The van der Waals surface area contributed by atoms with E-state index in [1.165, 1.54) is 12.4 Å². The number of halogens is 12. The number of aromatic amines is 1. The Morgan fingerprint density at radius 2 is 1.48 bits per heavy atom. The van der Waals surface area contributed by atoms with Gasteiger partial charge in [0.15, 0.2) is 0 Å². The number of likely N-dealkylation sites (tertiary alicyclic amines) is 1. The molecule has 0 radical (unpaired) electrons. The monoisotopic (exact) mass is 950 g/mol. The number of ether oxygens (including phenoxy) is 1. The zero-order chi connectivity index (χ0) is 49.0. The second-order valence-electron chi connectivity index (χ2n) is 14.1. The molecule has 2 aliphatic rings. The highest BCUT2D eigenvalue weighted by molar-refractivity contribution is 5.90. The van der Waals surface area contributed by atoms with Crippen LogP contribution in [0.5, 0.6) is 5.88 Å². The summed E-state index contributed by atoms with van der Waals surface area (Å²) in [7, 11) is 0. The number of alkyl halides is 12. The Hall–Kier alpha value is -6.31. The van der Waals surface area contributed by atoms with Crippen LogP contribution in [0.4, 0.5) is 52.7 Å². The summed E-state index contributed by atoms with van der Waals surface area (Å²) in [5.41, 5.74) is 2.24. The van der Waals surface area contributed by atoms with E-state index in [2.05, 4.69) is 53.2 Å². The van der Waals surface area contributed by atoms with Crippen molar-refractivity contribution in [1.82, 2.24) is 44.9 Å². The van der Waals surface area contributed by atoms with Crippen LogP contribution in [0.25, 0.3) is 22.3 Å². The summed E-state index contributed by atoms with van der Waals surface area (Å²) >= 11 is 0. The second-order valence-corrected chi connectivity index (χ2v) is 14.1. The first-order chi connectivity index (χ1) is 30.1. The number of nitrogens with zero attached hydrogens (tertiary/aromatic N) is 8. The first kappa shape index (κ1) is 53.0. The third kappa shape index (κ3) is 15.7. The van der Waals surface area contributed by atoms with Crippen molar-refractivity contribution >= 4 is 28.9 Å². The number of aliphatic carboxylic acids is 3. The molecule has 65 heavy (non-hydrogen) atoms. The highest BCUT2D eigenvalue weighted by Crippen LogP contribution is 2.39. The fourth-order valence-electron chi connectivity index (χ4n) is 6.23. The standard InChI is InChI=1S/C30H35F3N10O.3C2HF3O2/c1-2-3-11-35-15-21-13-25(41-28(40-21)30(31,32)33)44-23-6-4-22(5-7-23)42-17-29(18-42,9-10-34)43-16-20(14-39-43)26-24-8-12-36-27(24)38-19-37-26;3*3-2(4,5)1(6)7/h8,12-14,16,19,22-23,35H,2-7,9,11,15,17-18H2,1H3,(H,36,37,38);3*(H,6,7). The number of nitriles is 1. The molecule has 5 heterocycles. The van der Waals surface area contributed by atoms with Gasteiger partial charge in [0.25, 0.3) is 0 Å². The van der Waals surface area contributed by atoms with E-state index in [0.29, 0.717) is 44.9 Å². The average Bonchev–Trinajstić information content (AvgIpc) is 3.89. The molecule has 5 N–H and O–H groups in total. The number of unbranched alkanes of at least 4 members (excludes halogenated alkanes) is 1. The third-order valence-corrected chi connectivity index (χ3v) is 9.30. The second kappa shape index (κ2) is 22.1. The Morgan fingerprint density at radius 1 is 0.908 bits per heavy atom. The van der Waals surface area contributed by atoms with E-state index in [1.807, 2.05) is 23.1 Å². The predicted octanol–water partition coefficient (Wildman–Crippen LogP) is 6.73. The number of nitrogens with one attached hydrogen (secondary N) is 2. The number of rotatable bonds is 11. The van der Waals surface area contributed by atoms with Crippen LogP contribution < -0.4 is 10.1 Å². The molecule has 4 aromatic heterocycles. The molecule has 0 aromatic carbocycles. The lowest BCUT2D eigenvalue weighted by atomic mass is 9.82. The van der Waals surface area contributed by atoms with Crippen molar-refractivity contribution in [2.45, 2.75) is 101 Å². The summed E-state index contributed by atoms with van der Waals surface area (Å²) in [6.07, 6.45) is -7.70. The minimum atomic E-state index is -5.08. The van der Waals surface area contributed by atoms with Gasteiger partial charge in [-0.05, 0) is 44.7 Å². The summed E-state index contributed by atoms with van der Waals surface area (Å²) in [6.45, 7) is 4.36. The van der Waals surface area contributed by atoms with E-state index >= 15 is 0 Å². The lowest BCUT2D eigenvalue weighted by Gasteiger charge is -2.53. The molecular formula is C36H38F12N10O7. The van der Waals surface area contributed by atoms with Crippen molar-refractivity contribution in [3.05, 3.63) is 48.6 Å². The highest BCUT2D eigenvalue weighted by Gasteiger charge is 2.48. The summed E-state index contributed by atoms with van der Waals surface area (Å²) in [4.78, 5) is 48.3. The Bertz CT molecular complexity index is 2190. The largest absolute Gasteiger partial charge is 0.490 e. The number of hydrogen-bond donors (Lipinski definition) is 5. The fraction of sp³-hybridized carbons (Fsp3) is 0.528. The van der Waals surface area contributed by atoms with Crippen LogP contribution in [0.2, 0.25) is 0 Å². The SMILES string of the molecule is CCCCNCc1cc(OC2CCC(N3CC(CC#N)(n4cc(-c5ncnc6[nH]ccc56)cn4)C3)CC2)nc(C(F)(F)F)n1.O=C(O)C(F)(F)F.O=C(O)C(F)(F)F.O=C(O)C(F)(F)F. The number of H-pyrrole nitrogens is 1. The van der Waals surface area contributed by atoms with Crippen molar-refractivity contribution in [3.63, 3.8) is 0 Å². The molecule has 1 aliphatic carbocycles. The van der Waals surface area contributed by atoms with Gasteiger partial charge in [-0.25, -0.2) is 29.3 Å². The zero-order valence-electron chi connectivity index (χ0n) is 33.5. The van der Waals surface area contributed by atoms with Gasteiger partial charge >= 0.3 is 42.6 Å². The number of carboxylic acids is 3. The fourth-order valence-corrected chi connectivity index (χ4v) is 6.23. The van der Waals surface area contributed by atoms with Crippen LogP contribution in [0, 0.1) is 11.3 Å². The molecule has 0 amide bonds. The summed E-state index contributed by atoms with van der Waals surface area (Å²) < 4.78 is 144. The Morgan fingerprint density at radius 3 is 1.98 bits per heavy atom. The Balaban J connectivity index is 0.000000443. The average molecular weight is 951 g/mol. The lowest BCUT2D eigenvalue weighted by Crippen LogP contribution is -2.65. The molecule has 0 unspecified atom stereocenters. The maximum atomic E-state index is 13.5. The van der Waals surface area contributed by atoms with E-state index in [9.17, 15) is 57.9 Å². The predicted molar refractivity (Wildman–Crippen MR) is 196 cm³/mol. The van der Waals surface area contributed by atoms with E-state index < -0.39 is 54.0 Å². The van der Waals surface area contributed by atoms with Gasteiger partial charge in [-0.15, -0.1) is 0 Å². The van der Waals surface area contributed by atoms with Gasteiger partial charge in [-0.3, -0.25) is 9.58 Å². The van der Waals surface area contributed by atoms with E-state index in [1.54, 1.807) is 6.20 Å². The van der Waals surface area contributed by atoms with Gasteiger partial charge in [0, 0.05) is 55.1 Å². The lowest BCUT2D eigenvalue weighted by molar-refractivity contribution is -0.193. The van der Waals surface area contributed by atoms with Crippen molar-refractivity contribution < 1.29 is 87.1 Å². The normalized spacial score (nSPS) is 17.4. The molecule has 1 saturated carbocycles. The molecule has 1 aliphatic heterocycles. The number of aromatic nitrogens is 7. The number of carboxylic acid groups (broad SMARTS) is 3. The molecule has 4 aromatic rings. The summed E-state index contributed by atoms with van der Waals surface area (Å²) in [5.74, 6) is -9.48. The first-order valence-corrected chi connectivity index (χ1v) is 18.8. The molecule has 0 spiro atoms. The summed E-state index contributed by atoms with van der Waals surface area (Å²) in [6, 6.07) is 6.08. The maximum absolute atomic E-state index is 13.5. The number of hydrogen-bond acceptors (Lipinski definition) is 12. The Kier molecular flexibility index (Phi) is 18.0. The smallest absolute Gasteiger partial charge is 0.475 e. The molecule has 29 heteroatoms. The molecule has 1 saturated heterocycles. The quantitative estimate of drug-likeness (QED) is 0.0773. The van der Waals surface area contributed by atoms with Gasteiger partial charge in [-0.2, -0.15) is 68.0 Å². The van der Waals surface area contributed by atoms with E-state index in [-0.39, 0.29) is 24.2 Å².